The quantitative estimate of drug-likeness (QED) is 0.832. The van der Waals surface area contributed by atoms with E-state index in [0.29, 0.717) is 18.9 Å². The van der Waals surface area contributed by atoms with Gasteiger partial charge in [0.1, 0.15) is 0 Å². The Morgan fingerprint density at radius 2 is 2.15 bits per heavy atom. The third kappa shape index (κ3) is 3.32. The molecule has 20 heavy (non-hydrogen) atoms. The number of nitrogens with zero attached hydrogens (tertiary/aromatic N) is 2. The molecular formula is C15H26N2O3. The maximum absolute atomic E-state index is 12.5. The van der Waals surface area contributed by atoms with Gasteiger partial charge < -0.3 is 14.9 Å². The van der Waals surface area contributed by atoms with Crippen molar-refractivity contribution in [3.05, 3.63) is 0 Å². The number of rotatable bonds is 4. The lowest BCUT2D eigenvalue weighted by molar-refractivity contribution is -0.137. The maximum Gasteiger partial charge on any atom is 0.228 e. The first-order valence-corrected chi connectivity index (χ1v) is 7.72. The van der Waals surface area contributed by atoms with E-state index >= 15 is 0 Å². The Kier molecular flexibility index (Phi) is 5.02. The van der Waals surface area contributed by atoms with Crippen LogP contribution >= 0.6 is 0 Å². The molecule has 2 unspecified atom stereocenters. The molecule has 0 aliphatic carbocycles. The molecule has 2 fully saturated rings. The predicted octanol–water partition coefficient (Wildman–Crippen LogP) is 0.864. The van der Waals surface area contributed by atoms with Gasteiger partial charge in [0.05, 0.1) is 5.92 Å². The Morgan fingerprint density at radius 1 is 1.40 bits per heavy atom. The fraction of sp³-hybridized carbons (Fsp3) is 0.867. The summed E-state index contributed by atoms with van der Waals surface area (Å²) in [6.07, 6.45) is 3.22. The van der Waals surface area contributed by atoms with Crippen molar-refractivity contribution < 1.29 is 14.7 Å². The van der Waals surface area contributed by atoms with Crippen LogP contribution in [0, 0.1) is 11.8 Å². The minimum absolute atomic E-state index is 0.0993. The van der Waals surface area contributed by atoms with E-state index in [9.17, 15) is 9.59 Å². The lowest BCUT2D eigenvalue weighted by Crippen LogP contribution is -2.44. The van der Waals surface area contributed by atoms with Crippen molar-refractivity contribution in [1.29, 1.82) is 0 Å². The van der Waals surface area contributed by atoms with Crippen LogP contribution in [-0.4, -0.2) is 59.0 Å². The predicted molar refractivity (Wildman–Crippen MR) is 76.0 cm³/mol. The zero-order valence-electron chi connectivity index (χ0n) is 12.5. The number of amides is 2. The summed E-state index contributed by atoms with van der Waals surface area (Å²) < 4.78 is 0. The monoisotopic (exact) mass is 282 g/mol. The van der Waals surface area contributed by atoms with Crippen LogP contribution in [0.25, 0.3) is 0 Å². The highest BCUT2D eigenvalue weighted by molar-refractivity contribution is 5.89. The van der Waals surface area contributed by atoms with Gasteiger partial charge in [-0.05, 0) is 39.0 Å². The SMILES string of the molecule is CC(C)N1CC(C(=O)N2CCCC(CCO)C2)CC1=O. The standard InChI is InChI=1S/C15H26N2O3/c1-11(2)17-10-13(8-14(17)19)15(20)16-6-3-4-12(9-16)5-7-18/h11-13,18H,3-10H2,1-2H3. The summed E-state index contributed by atoms with van der Waals surface area (Å²) in [6, 6.07) is 0.170. The molecule has 2 atom stereocenters. The van der Waals surface area contributed by atoms with Crippen molar-refractivity contribution in [3.8, 4) is 0 Å². The van der Waals surface area contributed by atoms with Gasteiger partial charge in [0.15, 0.2) is 0 Å². The zero-order valence-corrected chi connectivity index (χ0v) is 12.5. The smallest absolute Gasteiger partial charge is 0.228 e. The second-order valence-electron chi connectivity index (χ2n) is 6.35. The molecule has 2 amide bonds. The Balaban J connectivity index is 1.93. The van der Waals surface area contributed by atoms with E-state index in [1.807, 2.05) is 18.7 Å². The molecule has 2 aliphatic heterocycles. The normalized spacial score (nSPS) is 27.5. The van der Waals surface area contributed by atoms with Crippen LogP contribution < -0.4 is 0 Å². The van der Waals surface area contributed by atoms with E-state index in [-0.39, 0.29) is 30.4 Å². The van der Waals surface area contributed by atoms with E-state index < -0.39 is 0 Å². The van der Waals surface area contributed by atoms with Gasteiger partial charge in [0.2, 0.25) is 11.8 Å². The molecule has 0 saturated carbocycles. The molecule has 5 nitrogen and oxygen atoms in total. The second-order valence-corrected chi connectivity index (χ2v) is 6.35. The molecule has 0 spiro atoms. The summed E-state index contributed by atoms with van der Waals surface area (Å²) in [5, 5.41) is 9.03. The van der Waals surface area contributed by atoms with E-state index in [1.165, 1.54) is 0 Å². The van der Waals surface area contributed by atoms with Crippen LogP contribution in [0.15, 0.2) is 0 Å². The number of carbonyl (C=O) groups is 2. The highest BCUT2D eigenvalue weighted by Gasteiger charge is 2.38. The molecule has 114 valence electrons. The summed E-state index contributed by atoms with van der Waals surface area (Å²) in [7, 11) is 0. The van der Waals surface area contributed by atoms with Gasteiger partial charge in [-0.15, -0.1) is 0 Å². The first kappa shape index (κ1) is 15.3. The average molecular weight is 282 g/mol. The summed E-state index contributed by atoms with van der Waals surface area (Å²) in [5.41, 5.74) is 0. The van der Waals surface area contributed by atoms with Crippen molar-refractivity contribution in [2.24, 2.45) is 11.8 Å². The first-order valence-electron chi connectivity index (χ1n) is 7.72. The molecule has 0 aromatic carbocycles. The summed E-state index contributed by atoms with van der Waals surface area (Å²) in [5.74, 6) is 0.472. The number of hydrogen-bond acceptors (Lipinski definition) is 3. The number of piperidine rings is 1. The van der Waals surface area contributed by atoms with Gasteiger partial charge in [-0.2, -0.15) is 0 Å². The fourth-order valence-corrected chi connectivity index (χ4v) is 3.34. The van der Waals surface area contributed by atoms with E-state index in [4.69, 9.17) is 5.11 Å². The summed E-state index contributed by atoms with van der Waals surface area (Å²) >= 11 is 0. The van der Waals surface area contributed by atoms with Crippen molar-refractivity contribution in [1.82, 2.24) is 9.80 Å². The maximum atomic E-state index is 12.5. The van der Waals surface area contributed by atoms with E-state index in [0.717, 1.165) is 32.4 Å². The summed E-state index contributed by atoms with van der Waals surface area (Å²) in [6.45, 7) is 6.27. The van der Waals surface area contributed by atoms with Gasteiger partial charge >= 0.3 is 0 Å². The minimum Gasteiger partial charge on any atom is -0.396 e. The van der Waals surface area contributed by atoms with Crippen LogP contribution in [0.4, 0.5) is 0 Å². The molecule has 1 N–H and O–H groups in total. The van der Waals surface area contributed by atoms with Gasteiger partial charge in [-0.3, -0.25) is 9.59 Å². The number of aliphatic hydroxyl groups is 1. The van der Waals surface area contributed by atoms with Gasteiger partial charge in [-0.25, -0.2) is 0 Å². The van der Waals surface area contributed by atoms with Crippen molar-refractivity contribution in [2.75, 3.05) is 26.2 Å². The molecule has 2 aliphatic rings. The zero-order chi connectivity index (χ0) is 14.7. The third-order valence-electron chi connectivity index (χ3n) is 4.50. The molecule has 2 saturated heterocycles. The number of aliphatic hydroxyl groups excluding tert-OH is 1. The lowest BCUT2D eigenvalue weighted by atomic mass is 9.94. The molecule has 0 bridgehead atoms. The molecular weight excluding hydrogens is 256 g/mol. The highest BCUT2D eigenvalue weighted by Crippen LogP contribution is 2.26. The lowest BCUT2D eigenvalue weighted by Gasteiger charge is -2.34. The van der Waals surface area contributed by atoms with Crippen LogP contribution in [0.3, 0.4) is 0 Å². The Hall–Kier alpha value is -1.10. The van der Waals surface area contributed by atoms with Crippen LogP contribution in [-0.2, 0) is 9.59 Å². The summed E-state index contributed by atoms with van der Waals surface area (Å²) in [4.78, 5) is 28.2. The van der Waals surface area contributed by atoms with E-state index in [1.54, 1.807) is 4.90 Å². The highest BCUT2D eigenvalue weighted by atomic mass is 16.3. The largest absolute Gasteiger partial charge is 0.396 e. The van der Waals surface area contributed by atoms with Crippen LogP contribution in [0.5, 0.6) is 0 Å². The molecule has 5 heteroatoms. The Bertz CT molecular complexity index is 368. The molecule has 0 aromatic heterocycles. The second kappa shape index (κ2) is 6.57. The molecule has 0 aromatic rings. The molecule has 2 heterocycles. The van der Waals surface area contributed by atoms with Crippen LogP contribution in [0.2, 0.25) is 0 Å². The third-order valence-corrected chi connectivity index (χ3v) is 4.50. The van der Waals surface area contributed by atoms with Crippen molar-refractivity contribution in [2.45, 2.75) is 45.6 Å². The van der Waals surface area contributed by atoms with Crippen molar-refractivity contribution >= 4 is 11.8 Å². The van der Waals surface area contributed by atoms with Gasteiger partial charge in [-0.1, -0.05) is 0 Å². The minimum atomic E-state index is -0.169. The van der Waals surface area contributed by atoms with E-state index in [2.05, 4.69) is 0 Å². The van der Waals surface area contributed by atoms with Crippen LogP contribution in [0.1, 0.15) is 39.5 Å². The number of hydrogen-bond donors (Lipinski definition) is 1. The Labute approximate surface area is 120 Å². The first-order chi connectivity index (χ1) is 9.52. The topological polar surface area (TPSA) is 60.9 Å². The molecule has 0 radical (unpaired) electrons. The fourth-order valence-electron chi connectivity index (χ4n) is 3.34. The van der Waals surface area contributed by atoms with Crippen molar-refractivity contribution in [3.63, 3.8) is 0 Å². The van der Waals surface area contributed by atoms with Gasteiger partial charge in [0, 0.05) is 38.7 Å². The average Bonchev–Trinajstić information content (AvgIpc) is 2.81. The Morgan fingerprint density at radius 3 is 2.75 bits per heavy atom. The molecule has 2 rings (SSSR count). The van der Waals surface area contributed by atoms with Gasteiger partial charge in [0.25, 0.3) is 0 Å². The number of likely N-dealkylation sites (tertiary alicyclic amines) is 2. The number of carbonyl (C=O) groups excluding carboxylic acids is 2.